The lowest BCUT2D eigenvalue weighted by Crippen LogP contribution is -2.32. The van der Waals surface area contributed by atoms with Crippen molar-refractivity contribution < 1.29 is 18.6 Å². The summed E-state index contributed by atoms with van der Waals surface area (Å²) in [6.45, 7) is 3.61. The summed E-state index contributed by atoms with van der Waals surface area (Å²) in [4.78, 5) is 0.160. The minimum atomic E-state index is -2.15. The van der Waals surface area contributed by atoms with Gasteiger partial charge in [-0.25, -0.2) is 4.21 Å². The van der Waals surface area contributed by atoms with Gasteiger partial charge in [0.2, 0.25) is 5.79 Å². The van der Waals surface area contributed by atoms with Crippen molar-refractivity contribution in [1.82, 2.24) is 0 Å². The van der Waals surface area contributed by atoms with Crippen LogP contribution in [0.5, 0.6) is 5.75 Å². The second kappa shape index (κ2) is 5.22. The number of rotatable bonds is 4. The summed E-state index contributed by atoms with van der Waals surface area (Å²) in [5, 5.41) is 10.2. The van der Waals surface area contributed by atoms with Crippen LogP contribution in [0, 0.1) is 0 Å². The van der Waals surface area contributed by atoms with Crippen LogP contribution < -0.4 is 4.74 Å². The molecule has 0 spiro atoms. The maximum atomic E-state index is 11.3. The van der Waals surface area contributed by atoms with E-state index in [1.807, 2.05) is 0 Å². The Labute approximate surface area is 109 Å². The van der Waals surface area contributed by atoms with Gasteiger partial charge >= 0.3 is 0 Å². The van der Waals surface area contributed by atoms with Gasteiger partial charge in [-0.1, -0.05) is 18.7 Å². The predicted molar refractivity (Wildman–Crippen MR) is 69.6 cm³/mol. The number of ether oxygens (including phenoxy) is 1. The fourth-order valence-electron chi connectivity index (χ4n) is 2.11. The summed E-state index contributed by atoms with van der Waals surface area (Å²) in [6, 6.07) is 4.87. The van der Waals surface area contributed by atoms with Crippen molar-refractivity contribution in [1.29, 1.82) is 0 Å². The fraction of sp³-hybridized carbons (Fsp3) is 0.385. The van der Waals surface area contributed by atoms with Crippen molar-refractivity contribution in [3.8, 4) is 5.75 Å². The molecule has 0 saturated heterocycles. The quantitative estimate of drug-likeness (QED) is 0.650. The SMILES string of the molecule is C=Cc1ccc(OC2(O)CCCC2)c(S(=O)O)c1. The predicted octanol–water partition coefficient (Wildman–Crippen LogP) is 2.55. The fourth-order valence-corrected chi connectivity index (χ4v) is 2.63. The summed E-state index contributed by atoms with van der Waals surface area (Å²) < 4.78 is 26.1. The largest absolute Gasteiger partial charge is 0.461 e. The van der Waals surface area contributed by atoms with Crippen LogP contribution in [0.1, 0.15) is 31.2 Å². The van der Waals surface area contributed by atoms with Crippen LogP contribution in [0.3, 0.4) is 0 Å². The van der Waals surface area contributed by atoms with Crippen LogP contribution in [0.15, 0.2) is 29.7 Å². The summed E-state index contributed by atoms with van der Waals surface area (Å²) in [6.07, 6.45) is 4.49. The minimum Gasteiger partial charge on any atom is -0.461 e. The highest BCUT2D eigenvalue weighted by atomic mass is 32.2. The smallest absolute Gasteiger partial charge is 0.208 e. The number of benzene rings is 1. The van der Waals surface area contributed by atoms with Gasteiger partial charge in [-0.3, -0.25) is 0 Å². The van der Waals surface area contributed by atoms with Gasteiger partial charge in [0.1, 0.15) is 10.6 Å². The molecule has 1 fully saturated rings. The molecule has 1 unspecified atom stereocenters. The van der Waals surface area contributed by atoms with E-state index in [1.165, 1.54) is 6.07 Å². The first-order chi connectivity index (χ1) is 8.54. The van der Waals surface area contributed by atoms with Gasteiger partial charge in [0.25, 0.3) is 0 Å². The van der Waals surface area contributed by atoms with Gasteiger partial charge in [0.05, 0.1) is 0 Å². The molecular formula is C13H16O4S. The lowest BCUT2D eigenvalue weighted by molar-refractivity contribution is -0.131. The maximum Gasteiger partial charge on any atom is 0.208 e. The zero-order valence-electron chi connectivity index (χ0n) is 9.96. The van der Waals surface area contributed by atoms with E-state index in [9.17, 15) is 13.9 Å². The minimum absolute atomic E-state index is 0.160. The van der Waals surface area contributed by atoms with E-state index in [0.717, 1.165) is 18.4 Å². The molecule has 5 heteroatoms. The van der Waals surface area contributed by atoms with E-state index in [1.54, 1.807) is 18.2 Å². The highest BCUT2D eigenvalue weighted by Gasteiger charge is 2.34. The van der Waals surface area contributed by atoms with Gasteiger partial charge in [-0.15, -0.1) is 0 Å². The molecule has 0 amide bonds. The highest BCUT2D eigenvalue weighted by Crippen LogP contribution is 2.34. The zero-order chi connectivity index (χ0) is 13.2. The van der Waals surface area contributed by atoms with Crippen LogP contribution >= 0.6 is 0 Å². The van der Waals surface area contributed by atoms with Crippen molar-refractivity contribution in [2.45, 2.75) is 36.4 Å². The third-order valence-corrected chi connectivity index (χ3v) is 3.77. The number of aliphatic hydroxyl groups is 1. The molecule has 18 heavy (non-hydrogen) atoms. The summed E-state index contributed by atoms with van der Waals surface area (Å²) in [5.41, 5.74) is 0.734. The summed E-state index contributed by atoms with van der Waals surface area (Å²) in [5.74, 6) is -0.949. The number of hydrogen-bond acceptors (Lipinski definition) is 3. The monoisotopic (exact) mass is 268 g/mol. The van der Waals surface area contributed by atoms with E-state index in [0.29, 0.717) is 12.8 Å². The van der Waals surface area contributed by atoms with Crippen molar-refractivity contribution >= 4 is 17.2 Å². The first-order valence-electron chi connectivity index (χ1n) is 5.83. The Balaban J connectivity index is 2.31. The Morgan fingerprint density at radius 3 is 2.61 bits per heavy atom. The van der Waals surface area contributed by atoms with Crippen LogP contribution in [0.4, 0.5) is 0 Å². The van der Waals surface area contributed by atoms with Crippen LogP contribution in [0.25, 0.3) is 6.08 Å². The van der Waals surface area contributed by atoms with E-state index in [4.69, 9.17) is 4.74 Å². The third kappa shape index (κ3) is 2.80. The van der Waals surface area contributed by atoms with Crippen LogP contribution in [0.2, 0.25) is 0 Å². The zero-order valence-corrected chi connectivity index (χ0v) is 10.8. The van der Waals surface area contributed by atoms with Gasteiger partial charge in [0.15, 0.2) is 11.1 Å². The Hall–Kier alpha value is -1.17. The molecule has 1 aromatic carbocycles. The van der Waals surface area contributed by atoms with E-state index < -0.39 is 16.9 Å². The Bertz CT molecular complexity index is 478. The molecule has 0 aromatic heterocycles. The summed E-state index contributed by atoms with van der Waals surface area (Å²) >= 11 is -2.15. The Morgan fingerprint density at radius 1 is 1.39 bits per heavy atom. The van der Waals surface area contributed by atoms with E-state index in [2.05, 4.69) is 6.58 Å². The molecule has 98 valence electrons. The second-order valence-corrected chi connectivity index (χ2v) is 5.35. The third-order valence-electron chi connectivity index (χ3n) is 3.08. The molecule has 1 atom stereocenters. The Kier molecular flexibility index (Phi) is 3.85. The standard InChI is InChI=1S/C13H16O4S/c1-2-10-5-6-11(12(9-10)18(15)16)17-13(14)7-3-4-8-13/h2,5-6,9,14H,1,3-4,7-8H2,(H,15,16). The summed E-state index contributed by atoms with van der Waals surface area (Å²) in [7, 11) is 0. The topological polar surface area (TPSA) is 66.8 Å². The lowest BCUT2D eigenvalue weighted by atomic mass is 10.2. The molecule has 2 rings (SSSR count). The van der Waals surface area contributed by atoms with Gasteiger partial charge in [-0.05, 0) is 30.5 Å². The molecule has 0 bridgehead atoms. The van der Waals surface area contributed by atoms with Crippen molar-refractivity contribution in [3.05, 3.63) is 30.3 Å². The first-order valence-corrected chi connectivity index (χ1v) is 6.93. The van der Waals surface area contributed by atoms with Gasteiger partial charge in [0, 0.05) is 12.8 Å². The molecular weight excluding hydrogens is 252 g/mol. The van der Waals surface area contributed by atoms with Crippen LogP contribution in [-0.4, -0.2) is 19.7 Å². The molecule has 1 aliphatic rings. The van der Waals surface area contributed by atoms with Gasteiger partial charge < -0.3 is 14.4 Å². The molecule has 1 aromatic rings. The average molecular weight is 268 g/mol. The maximum absolute atomic E-state index is 11.3. The molecule has 2 N–H and O–H groups in total. The van der Waals surface area contributed by atoms with Crippen molar-refractivity contribution in [2.24, 2.45) is 0 Å². The average Bonchev–Trinajstić information content (AvgIpc) is 2.76. The van der Waals surface area contributed by atoms with Crippen LogP contribution in [-0.2, 0) is 11.1 Å². The van der Waals surface area contributed by atoms with Gasteiger partial charge in [-0.2, -0.15) is 0 Å². The van der Waals surface area contributed by atoms with Crippen molar-refractivity contribution in [2.75, 3.05) is 0 Å². The molecule has 1 saturated carbocycles. The molecule has 1 aliphatic carbocycles. The molecule has 4 nitrogen and oxygen atoms in total. The van der Waals surface area contributed by atoms with Crippen molar-refractivity contribution in [3.63, 3.8) is 0 Å². The Morgan fingerprint density at radius 2 is 2.06 bits per heavy atom. The lowest BCUT2D eigenvalue weighted by Gasteiger charge is -2.24. The normalized spacial score (nSPS) is 19.4. The molecule has 0 heterocycles. The molecule has 0 aliphatic heterocycles. The second-order valence-electron chi connectivity index (χ2n) is 4.41. The highest BCUT2D eigenvalue weighted by molar-refractivity contribution is 7.79. The first kappa shape index (κ1) is 13.3. The van der Waals surface area contributed by atoms with E-state index in [-0.39, 0.29) is 10.6 Å². The molecule has 0 radical (unpaired) electrons. The van der Waals surface area contributed by atoms with E-state index >= 15 is 0 Å². The number of hydrogen-bond donors (Lipinski definition) is 2.